The number of pyridine rings is 1. The van der Waals surface area contributed by atoms with Gasteiger partial charge < -0.3 is 10.1 Å². The molecule has 2 aliphatic rings. The predicted molar refractivity (Wildman–Crippen MR) is 129 cm³/mol. The summed E-state index contributed by atoms with van der Waals surface area (Å²) in [4.78, 5) is 17.9. The van der Waals surface area contributed by atoms with Crippen molar-refractivity contribution in [3.8, 4) is 0 Å². The number of ether oxygens (including phenoxy) is 1. The van der Waals surface area contributed by atoms with Gasteiger partial charge in [0, 0.05) is 38.3 Å². The highest BCUT2D eigenvalue weighted by Crippen LogP contribution is 2.44. The first-order chi connectivity index (χ1) is 18.1. The van der Waals surface area contributed by atoms with Crippen LogP contribution in [0.2, 0.25) is 0 Å². The molecule has 0 aliphatic carbocycles. The zero-order valence-electron chi connectivity index (χ0n) is 20.6. The molecule has 3 heterocycles. The van der Waals surface area contributed by atoms with Crippen LogP contribution in [0.25, 0.3) is 0 Å². The van der Waals surface area contributed by atoms with Crippen molar-refractivity contribution in [2.45, 2.75) is 50.5 Å². The summed E-state index contributed by atoms with van der Waals surface area (Å²) in [5, 5.41) is 2.28. The SMILES string of the molecule is CC(=O)NC(c1ccc(CN2CCC3(CC2)OCc2cc(F)ncc23)cc1)(c1ccc(F)c(F)c1)C(F)F. The molecule has 1 unspecified atom stereocenters. The molecular formula is C28H26F5N3O2. The van der Waals surface area contributed by atoms with Gasteiger partial charge in [-0.1, -0.05) is 30.3 Å². The van der Waals surface area contributed by atoms with Gasteiger partial charge in [-0.05, 0) is 53.3 Å². The molecule has 5 nitrogen and oxygen atoms in total. The van der Waals surface area contributed by atoms with Crippen molar-refractivity contribution in [1.82, 2.24) is 15.2 Å². The van der Waals surface area contributed by atoms with Gasteiger partial charge in [0.05, 0.1) is 12.2 Å². The van der Waals surface area contributed by atoms with Gasteiger partial charge in [-0.15, -0.1) is 0 Å². The van der Waals surface area contributed by atoms with Crippen LogP contribution in [-0.4, -0.2) is 35.3 Å². The molecule has 0 saturated carbocycles. The fraction of sp³-hybridized carbons (Fsp3) is 0.357. The Kier molecular flexibility index (Phi) is 6.96. The molecule has 10 heteroatoms. The van der Waals surface area contributed by atoms with E-state index in [1.807, 2.05) is 0 Å². The molecule has 1 atom stereocenters. The van der Waals surface area contributed by atoms with E-state index in [2.05, 4.69) is 15.2 Å². The lowest BCUT2D eigenvalue weighted by atomic mass is 9.82. The molecule has 200 valence electrons. The number of amides is 1. The predicted octanol–water partition coefficient (Wildman–Crippen LogP) is 5.17. The highest BCUT2D eigenvalue weighted by Gasteiger charge is 2.45. The van der Waals surface area contributed by atoms with Crippen LogP contribution in [0.3, 0.4) is 0 Å². The number of benzene rings is 2. The van der Waals surface area contributed by atoms with E-state index in [0.29, 0.717) is 45.1 Å². The molecule has 1 saturated heterocycles. The van der Waals surface area contributed by atoms with E-state index in [1.165, 1.54) is 18.2 Å². The van der Waals surface area contributed by atoms with Crippen LogP contribution < -0.4 is 5.32 Å². The van der Waals surface area contributed by atoms with Crippen molar-refractivity contribution in [3.05, 3.63) is 100 Å². The van der Waals surface area contributed by atoms with Crippen molar-refractivity contribution < 1.29 is 31.5 Å². The number of hydrogen-bond donors (Lipinski definition) is 1. The summed E-state index contributed by atoms with van der Waals surface area (Å²) in [6, 6.07) is 10.2. The number of piperidine rings is 1. The summed E-state index contributed by atoms with van der Waals surface area (Å²) < 4.78 is 76.3. The molecule has 38 heavy (non-hydrogen) atoms. The maximum Gasteiger partial charge on any atom is 0.269 e. The third kappa shape index (κ3) is 4.67. The van der Waals surface area contributed by atoms with Gasteiger partial charge in [0.25, 0.3) is 6.43 Å². The molecule has 2 aliphatic heterocycles. The van der Waals surface area contributed by atoms with E-state index < -0.39 is 41.1 Å². The number of fused-ring (bicyclic) bond motifs is 2. The van der Waals surface area contributed by atoms with Gasteiger partial charge >= 0.3 is 0 Å². The van der Waals surface area contributed by atoms with Gasteiger partial charge in [-0.2, -0.15) is 4.39 Å². The number of carbonyl (C=O) groups is 1. The molecule has 3 aromatic rings. The van der Waals surface area contributed by atoms with Crippen LogP contribution in [0.5, 0.6) is 0 Å². The van der Waals surface area contributed by atoms with Crippen LogP contribution in [0.4, 0.5) is 22.0 Å². The minimum absolute atomic E-state index is 0.0470. The highest BCUT2D eigenvalue weighted by atomic mass is 19.3. The van der Waals surface area contributed by atoms with Gasteiger partial charge in [0.15, 0.2) is 17.2 Å². The molecule has 1 spiro atoms. The molecule has 0 radical (unpaired) electrons. The normalized spacial score (nSPS) is 18.4. The van der Waals surface area contributed by atoms with Crippen molar-refractivity contribution in [1.29, 1.82) is 0 Å². The first-order valence-electron chi connectivity index (χ1n) is 12.3. The lowest BCUT2D eigenvalue weighted by Crippen LogP contribution is -2.51. The third-order valence-electron chi connectivity index (χ3n) is 7.51. The summed E-state index contributed by atoms with van der Waals surface area (Å²) >= 11 is 0. The number of rotatable bonds is 6. The Morgan fingerprint density at radius 3 is 2.37 bits per heavy atom. The van der Waals surface area contributed by atoms with Crippen molar-refractivity contribution >= 4 is 5.91 Å². The van der Waals surface area contributed by atoms with E-state index in [1.54, 1.807) is 18.3 Å². The van der Waals surface area contributed by atoms with Crippen molar-refractivity contribution in [3.63, 3.8) is 0 Å². The van der Waals surface area contributed by atoms with Crippen LogP contribution in [0.15, 0.2) is 54.7 Å². The maximum atomic E-state index is 14.6. The largest absolute Gasteiger partial charge is 0.365 e. The van der Waals surface area contributed by atoms with E-state index in [-0.39, 0.29) is 11.1 Å². The molecule has 2 aromatic carbocycles. The average molecular weight is 532 g/mol. The Morgan fingerprint density at radius 1 is 1.05 bits per heavy atom. The second-order valence-electron chi connectivity index (χ2n) is 9.84. The Balaban J connectivity index is 1.34. The highest BCUT2D eigenvalue weighted by molar-refractivity contribution is 5.75. The molecule has 1 N–H and O–H groups in total. The number of carbonyl (C=O) groups excluding carboxylic acids is 1. The minimum atomic E-state index is -3.14. The van der Waals surface area contributed by atoms with Crippen molar-refractivity contribution in [2.24, 2.45) is 0 Å². The Bertz CT molecular complexity index is 1340. The van der Waals surface area contributed by atoms with E-state index in [4.69, 9.17) is 4.74 Å². The first-order valence-corrected chi connectivity index (χ1v) is 12.3. The number of nitrogens with zero attached hydrogens (tertiary/aromatic N) is 2. The van der Waals surface area contributed by atoms with E-state index in [9.17, 15) is 26.7 Å². The summed E-state index contributed by atoms with van der Waals surface area (Å²) in [7, 11) is 0. The third-order valence-corrected chi connectivity index (χ3v) is 7.51. The summed E-state index contributed by atoms with van der Waals surface area (Å²) in [6.07, 6.45) is -0.168. The Morgan fingerprint density at radius 2 is 1.74 bits per heavy atom. The fourth-order valence-electron chi connectivity index (χ4n) is 5.55. The zero-order valence-corrected chi connectivity index (χ0v) is 20.6. The van der Waals surface area contributed by atoms with Crippen LogP contribution in [0.1, 0.15) is 47.6 Å². The number of hydrogen-bond acceptors (Lipinski definition) is 4. The number of aromatic nitrogens is 1. The molecule has 1 amide bonds. The van der Waals surface area contributed by atoms with Crippen LogP contribution in [0, 0.1) is 17.6 Å². The summed E-state index contributed by atoms with van der Waals surface area (Å²) in [5.41, 5.74) is -0.427. The monoisotopic (exact) mass is 531 g/mol. The Labute approximate surface area is 216 Å². The fourth-order valence-corrected chi connectivity index (χ4v) is 5.55. The number of likely N-dealkylation sites (tertiary alicyclic amines) is 1. The molecule has 5 rings (SSSR count). The number of halogens is 5. The van der Waals surface area contributed by atoms with Gasteiger partial charge in [-0.3, -0.25) is 9.69 Å². The van der Waals surface area contributed by atoms with Crippen LogP contribution >= 0.6 is 0 Å². The number of alkyl halides is 2. The molecule has 1 aromatic heterocycles. The van der Waals surface area contributed by atoms with E-state index >= 15 is 0 Å². The Hall–Kier alpha value is -3.37. The standard InChI is InChI=1S/C28H26F5N3O2/c1-17(37)35-28(26(32)33,21-6-7-23(29)24(30)13-21)20-4-2-18(3-5-20)15-36-10-8-27(9-11-36)22-14-34-25(31)12-19(22)16-38-27/h2-7,12-14,26H,8-11,15-16H2,1H3,(H,35,37). The smallest absolute Gasteiger partial charge is 0.269 e. The lowest BCUT2D eigenvalue weighted by molar-refractivity contribution is -0.122. The van der Waals surface area contributed by atoms with Gasteiger partial charge in [0.1, 0.15) is 0 Å². The molecular weight excluding hydrogens is 505 g/mol. The topological polar surface area (TPSA) is 54.5 Å². The maximum absolute atomic E-state index is 14.6. The first kappa shape index (κ1) is 26.2. The van der Waals surface area contributed by atoms with Gasteiger partial charge in [0.2, 0.25) is 11.9 Å². The van der Waals surface area contributed by atoms with E-state index in [0.717, 1.165) is 35.7 Å². The van der Waals surface area contributed by atoms with Gasteiger partial charge in [-0.25, -0.2) is 22.5 Å². The average Bonchev–Trinajstić information content (AvgIpc) is 3.23. The molecule has 0 bridgehead atoms. The lowest BCUT2D eigenvalue weighted by Gasteiger charge is -2.39. The number of nitrogens with one attached hydrogen (secondary N) is 1. The summed E-state index contributed by atoms with van der Waals surface area (Å²) in [5.74, 6) is -3.72. The van der Waals surface area contributed by atoms with Crippen LogP contribution in [-0.2, 0) is 33.8 Å². The second-order valence-corrected chi connectivity index (χ2v) is 9.84. The molecule has 1 fully saturated rings. The van der Waals surface area contributed by atoms with Crippen molar-refractivity contribution in [2.75, 3.05) is 13.1 Å². The minimum Gasteiger partial charge on any atom is -0.365 e. The quantitative estimate of drug-likeness (QED) is 0.353. The summed E-state index contributed by atoms with van der Waals surface area (Å²) in [6.45, 7) is 3.42. The second kappa shape index (κ2) is 10.1. The zero-order chi connectivity index (χ0) is 27.1.